The number of carbonyl (C=O) groups is 1. The molecule has 4 aromatic rings. The molecule has 3 heterocycles. The maximum Gasteiger partial charge on any atom is 0.231 e. The number of aromatic amines is 1. The topological polar surface area (TPSA) is 77.1 Å². The summed E-state index contributed by atoms with van der Waals surface area (Å²) in [5.41, 5.74) is 4.78. The number of H-pyrrole nitrogens is 1. The average molecular weight is 430 g/mol. The third-order valence-electron chi connectivity index (χ3n) is 4.95. The molecule has 2 aromatic heterocycles. The van der Waals surface area contributed by atoms with E-state index in [4.69, 9.17) is 9.47 Å². The molecular formula is C24H19N3O3S. The predicted molar refractivity (Wildman–Crippen MR) is 119 cm³/mol. The van der Waals surface area contributed by atoms with Crippen LogP contribution in [-0.4, -0.2) is 33.5 Å². The largest absolute Gasteiger partial charge is 0.454 e. The lowest BCUT2D eigenvalue weighted by Gasteiger charge is -2.07. The number of hydrogen-bond donors (Lipinski definition) is 1. The molecule has 1 aliphatic heterocycles. The zero-order valence-electron chi connectivity index (χ0n) is 16.6. The minimum atomic E-state index is 0.119. The maximum atomic E-state index is 12.7. The minimum Gasteiger partial charge on any atom is -0.454 e. The summed E-state index contributed by atoms with van der Waals surface area (Å²) in [6, 6.07) is 19.6. The molecule has 1 N–H and O–H groups in total. The molecule has 0 saturated carbocycles. The van der Waals surface area contributed by atoms with E-state index in [2.05, 4.69) is 15.2 Å². The SMILES string of the molecule is O=C(CSc1n[nH]c(-c2cccnc2)c1-c1ccccc1)Cc1ccc2c(c1)OCO2. The van der Waals surface area contributed by atoms with Gasteiger partial charge in [0.15, 0.2) is 11.5 Å². The van der Waals surface area contributed by atoms with E-state index in [1.54, 1.807) is 12.4 Å². The molecule has 6 nitrogen and oxygen atoms in total. The molecule has 0 saturated heterocycles. The zero-order chi connectivity index (χ0) is 21.0. The number of rotatable bonds is 7. The van der Waals surface area contributed by atoms with Crippen LogP contribution in [0.5, 0.6) is 11.5 Å². The van der Waals surface area contributed by atoms with Crippen molar-refractivity contribution < 1.29 is 14.3 Å². The van der Waals surface area contributed by atoms with E-state index >= 15 is 0 Å². The van der Waals surface area contributed by atoms with Gasteiger partial charge in [-0.05, 0) is 35.4 Å². The molecule has 0 spiro atoms. The van der Waals surface area contributed by atoms with E-state index in [9.17, 15) is 4.79 Å². The second-order valence-corrected chi connectivity index (χ2v) is 8.04. The van der Waals surface area contributed by atoms with Crippen LogP contribution in [-0.2, 0) is 11.2 Å². The first-order valence-corrected chi connectivity index (χ1v) is 10.8. The van der Waals surface area contributed by atoms with Gasteiger partial charge in [-0.15, -0.1) is 0 Å². The number of Topliss-reactive ketones (excluding diaryl/α,β-unsaturated/α-hetero) is 1. The Labute approximate surface area is 183 Å². The van der Waals surface area contributed by atoms with Crippen molar-refractivity contribution in [3.05, 3.63) is 78.6 Å². The van der Waals surface area contributed by atoms with Crippen molar-refractivity contribution in [3.8, 4) is 33.9 Å². The monoisotopic (exact) mass is 429 g/mol. The van der Waals surface area contributed by atoms with E-state index in [0.717, 1.165) is 38.7 Å². The highest BCUT2D eigenvalue weighted by atomic mass is 32.2. The Balaban J connectivity index is 1.35. The summed E-state index contributed by atoms with van der Waals surface area (Å²) in [7, 11) is 0. The first-order valence-electron chi connectivity index (χ1n) is 9.85. The second kappa shape index (κ2) is 8.65. The van der Waals surface area contributed by atoms with E-state index in [-0.39, 0.29) is 12.6 Å². The molecule has 0 amide bonds. The lowest BCUT2D eigenvalue weighted by atomic mass is 10.0. The van der Waals surface area contributed by atoms with E-state index in [0.29, 0.717) is 17.9 Å². The summed E-state index contributed by atoms with van der Waals surface area (Å²) >= 11 is 1.44. The van der Waals surface area contributed by atoms with Gasteiger partial charge in [-0.3, -0.25) is 14.9 Å². The van der Waals surface area contributed by atoms with Crippen molar-refractivity contribution in [2.75, 3.05) is 12.5 Å². The highest BCUT2D eigenvalue weighted by Gasteiger charge is 2.19. The first-order chi connectivity index (χ1) is 15.3. The Morgan fingerprint density at radius 2 is 1.84 bits per heavy atom. The van der Waals surface area contributed by atoms with Gasteiger partial charge in [0.1, 0.15) is 10.8 Å². The molecule has 1 aliphatic rings. The van der Waals surface area contributed by atoms with Crippen molar-refractivity contribution in [1.82, 2.24) is 15.2 Å². The van der Waals surface area contributed by atoms with E-state index in [1.165, 1.54) is 11.8 Å². The number of fused-ring (bicyclic) bond motifs is 1. The summed E-state index contributed by atoms with van der Waals surface area (Å²) in [6.45, 7) is 0.225. The molecule has 7 heteroatoms. The summed E-state index contributed by atoms with van der Waals surface area (Å²) < 4.78 is 10.7. The van der Waals surface area contributed by atoms with Crippen LogP contribution in [0.4, 0.5) is 0 Å². The quantitative estimate of drug-likeness (QED) is 0.427. The van der Waals surface area contributed by atoms with E-state index < -0.39 is 0 Å². The van der Waals surface area contributed by atoms with Crippen molar-refractivity contribution in [3.63, 3.8) is 0 Å². The molecule has 154 valence electrons. The fourth-order valence-corrected chi connectivity index (χ4v) is 4.37. The average Bonchev–Trinajstić information content (AvgIpc) is 3.45. The van der Waals surface area contributed by atoms with Crippen molar-refractivity contribution in [1.29, 1.82) is 0 Å². The minimum absolute atomic E-state index is 0.119. The summed E-state index contributed by atoms with van der Waals surface area (Å²) in [5, 5.41) is 8.45. The lowest BCUT2D eigenvalue weighted by molar-refractivity contribution is -0.116. The van der Waals surface area contributed by atoms with Crippen LogP contribution in [0.25, 0.3) is 22.4 Å². The molecule has 0 atom stereocenters. The molecule has 0 aliphatic carbocycles. The van der Waals surface area contributed by atoms with Crippen LogP contribution in [0.1, 0.15) is 5.56 Å². The van der Waals surface area contributed by atoms with Gasteiger partial charge in [-0.25, -0.2) is 0 Å². The molecular weight excluding hydrogens is 410 g/mol. The van der Waals surface area contributed by atoms with Crippen LogP contribution in [0.2, 0.25) is 0 Å². The van der Waals surface area contributed by atoms with Crippen LogP contribution >= 0.6 is 11.8 Å². The molecule has 2 aromatic carbocycles. The second-order valence-electron chi connectivity index (χ2n) is 7.08. The first kappa shape index (κ1) is 19.4. The molecule has 31 heavy (non-hydrogen) atoms. The third-order valence-corrected chi connectivity index (χ3v) is 5.99. The third kappa shape index (κ3) is 4.18. The standard InChI is InChI=1S/C24H19N3O3S/c28-19(11-16-8-9-20-21(12-16)30-15-29-20)14-31-24-22(17-5-2-1-3-6-17)23(26-27-24)18-7-4-10-25-13-18/h1-10,12-13H,11,14-15H2,(H,26,27). The Bertz CT molecular complexity index is 1210. The Hall–Kier alpha value is -3.58. The van der Waals surface area contributed by atoms with Gasteiger partial charge < -0.3 is 9.47 Å². The number of ketones is 1. The Morgan fingerprint density at radius 1 is 1.00 bits per heavy atom. The number of nitrogens with zero attached hydrogens (tertiary/aromatic N) is 2. The van der Waals surface area contributed by atoms with Gasteiger partial charge >= 0.3 is 0 Å². The summed E-state index contributed by atoms with van der Waals surface area (Å²) in [6.07, 6.45) is 3.88. The van der Waals surface area contributed by atoms with Gasteiger partial charge in [-0.2, -0.15) is 5.10 Å². The Kier molecular flexibility index (Phi) is 5.41. The van der Waals surface area contributed by atoms with Crippen LogP contribution in [0, 0.1) is 0 Å². The zero-order valence-corrected chi connectivity index (χ0v) is 17.4. The molecule has 0 bridgehead atoms. The van der Waals surface area contributed by atoms with Gasteiger partial charge in [0.05, 0.1) is 11.4 Å². The van der Waals surface area contributed by atoms with Gasteiger partial charge in [0.25, 0.3) is 0 Å². The number of aromatic nitrogens is 3. The van der Waals surface area contributed by atoms with Crippen LogP contribution < -0.4 is 9.47 Å². The molecule has 0 radical (unpaired) electrons. The molecule has 5 rings (SSSR count). The number of benzene rings is 2. The van der Waals surface area contributed by atoms with E-state index in [1.807, 2.05) is 60.7 Å². The fourth-order valence-electron chi connectivity index (χ4n) is 3.50. The maximum absolute atomic E-state index is 12.7. The van der Waals surface area contributed by atoms with Crippen LogP contribution in [0.15, 0.2) is 78.1 Å². The smallest absolute Gasteiger partial charge is 0.231 e. The van der Waals surface area contributed by atoms with Gasteiger partial charge in [0, 0.05) is 29.9 Å². The van der Waals surface area contributed by atoms with Gasteiger partial charge in [0.2, 0.25) is 6.79 Å². The predicted octanol–water partition coefficient (Wildman–Crippen LogP) is 4.77. The number of nitrogens with one attached hydrogen (secondary N) is 1. The number of ether oxygens (including phenoxy) is 2. The molecule has 0 fully saturated rings. The van der Waals surface area contributed by atoms with Gasteiger partial charge in [-0.1, -0.05) is 48.2 Å². The normalized spacial score (nSPS) is 12.1. The highest BCUT2D eigenvalue weighted by molar-refractivity contribution is 8.00. The number of carbonyl (C=O) groups excluding carboxylic acids is 1. The number of pyridine rings is 1. The Morgan fingerprint density at radius 3 is 2.68 bits per heavy atom. The summed E-state index contributed by atoms with van der Waals surface area (Å²) in [5.74, 6) is 1.86. The number of hydrogen-bond acceptors (Lipinski definition) is 6. The van der Waals surface area contributed by atoms with Crippen molar-refractivity contribution in [2.45, 2.75) is 11.4 Å². The van der Waals surface area contributed by atoms with Crippen molar-refractivity contribution >= 4 is 17.5 Å². The fraction of sp³-hybridized carbons (Fsp3) is 0.125. The summed E-state index contributed by atoms with van der Waals surface area (Å²) in [4.78, 5) is 16.9. The molecule has 0 unspecified atom stereocenters. The number of thioether (sulfide) groups is 1. The lowest BCUT2D eigenvalue weighted by Crippen LogP contribution is -2.05. The van der Waals surface area contributed by atoms with Crippen LogP contribution in [0.3, 0.4) is 0 Å². The highest BCUT2D eigenvalue weighted by Crippen LogP contribution is 2.38. The van der Waals surface area contributed by atoms with Crippen molar-refractivity contribution in [2.24, 2.45) is 0 Å².